The van der Waals surface area contributed by atoms with Crippen LogP contribution in [0.4, 0.5) is 5.82 Å². The predicted molar refractivity (Wildman–Crippen MR) is 77.1 cm³/mol. The van der Waals surface area contributed by atoms with Crippen molar-refractivity contribution in [1.29, 1.82) is 0 Å². The Kier molecular flexibility index (Phi) is 3.32. The molecule has 1 N–H and O–H groups in total. The summed E-state index contributed by atoms with van der Waals surface area (Å²) < 4.78 is 1.80. The number of nitrogens with zero attached hydrogens (tertiary/aromatic N) is 3. The summed E-state index contributed by atoms with van der Waals surface area (Å²) in [7, 11) is 1.89. The topological polar surface area (TPSA) is 58.4 Å². The number of carbonyl (C=O) groups is 1. The zero-order valence-corrected chi connectivity index (χ0v) is 12.3. The standard InChI is InChI=1S/C15H23N3O2/c1-11-13(10-19)14(17(2)16-11)18-8-7-15(20)6-4-3-5-12(15)9-18/h10,12,20H,3-9H2,1-2H3. The van der Waals surface area contributed by atoms with Crippen LogP contribution in [0, 0.1) is 12.8 Å². The van der Waals surface area contributed by atoms with Gasteiger partial charge in [0, 0.05) is 26.1 Å². The molecule has 1 aromatic heterocycles. The number of carbonyl (C=O) groups excluding carboxylic acids is 1. The first-order valence-corrected chi connectivity index (χ1v) is 7.51. The van der Waals surface area contributed by atoms with Crippen molar-refractivity contribution in [1.82, 2.24) is 9.78 Å². The third-order valence-corrected chi connectivity index (χ3v) is 5.08. The molecular formula is C15H23N3O2. The van der Waals surface area contributed by atoms with Gasteiger partial charge >= 0.3 is 0 Å². The lowest BCUT2D eigenvalue weighted by atomic mass is 9.71. The number of hydrogen-bond acceptors (Lipinski definition) is 4. The summed E-state index contributed by atoms with van der Waals surface area (Å²) in [5.41, 5.74) is 0.986. The second-order valence-electron chi connectivity index (χ2n) is 6.31. The summed E-state index contributed by atoms with van der Waals surface area (Å²) in [5.74, 6) is 1.23. The molecule has 110 valence electrons. The molecule has 3 rings (SSSR count). The number of anilines is 1. The number of aldehydes is 1. The van der Waals surface area contributed by atoms with Gasteiger partial charge in [-0.1, -0.05) is 12.8 Å². The largest absolute Gasteiger partial charge is 0.389 e. The molecule has 0 radical (unpaired) electrons. The van der Waals surface area contributed by atoms with Crippen LogP contribution in [0.3, 0.4) is 0 Å². The number of aromatic nitrogens is 2. The highest BCUT2D eigenvalue weighted by atomic mass is 16.3. The van der Waals surface area contributed by atoms with Gasteiger partial charge in [0.2, 0.25) is 0 Å². The molecule has 0 amide bonds. The van der Waals surface area contributed by atoms with Crippen molar-refractivity contribution in [2.75, 3.05) is 18.0 Å². The van der Waals surface area contributed by atoms with Gasteiger partial charge in [-0.2, -0.15) is 5.10 Å². The number of aliphatic hydroxyl groups is 1. The van der Waals surface area contributed by atoms with Crippen LogP contribution in [0.2, 0.25) is 0 Å². The lowest BCUT2D eigenvalue weighted by Gasteiger charge is -2.48. The van der Waals surface area contributed by atoms with Gasteiger partial charge in [-0.05, 0) is 26.2 Å². The Labute approximate surface area is 119 Å². The minimum Gasteiger partial charge on any atom is -0.389 e. The van der Waals surface area contributed by atoms with E-state index in [-0.39, 0.29) is 0 Å². The van der Waals surface area contributed by atoms with Crippen molar-refractivity contribution in [2.24, 2.45) is 13.0 Å². The molecule has 2 unspecified atom stereocenters. The number of piperidine rings is 1. The van der Waals surface area contributed by atoms with E-state index in [1.807, 2.05) is 14.0 Å². The van der Waals surface area contributed by atoms with E-state index in [4.69, 9.17) is 0 Å². The molecule has 1 saturated heterocycles. The van der Waals surface area contributed by atoms with E-state index in [2.05, 4.69) is 10.00 Å². The molecule has 1 aliphatic carbocycles. The highest BCUT2D eigenvalue weighted by molar-refractivity contribution is 5.84. The fraction of sp³-hybridized carbons (Fsp3) is 0.733. The summed E-state index contributed by atoms with van der Waals surface area (Å²) in [4.78, 5) is 13.6. The molecule has 0 bridgehead atoms. The zero-order chi connectivity index (χ0) is 14.3. The molecule has 2 aliphatic rings. The normalized spacial score (nSPS) is 30.1. The maximum Gasteiger partial charge on any atom is 0.155 e. The molecule has 5 nitrogen and oxygen atoms in total. The van der Waals surface area contributed by atoms with Crippen LogP contribution < -0.4 is 4.90 Å². The summed E-state index contributed by atoms with van der Waals surface area (Å²) in [6, 6.07) is 0. The average molecular weight is 277 g/mol. The van der Waals surface area contributed by atoms with Crippen molar-refractivity contribution in [3.8, 4) is 0 Å². The maximum absolute atomic E-state index is 11.3. The Bertz CT molecular complexity index is 525. The van der Waals surface area contributed by atoms with Gasteiger partial charge in [-0.3, -0.25) is 9.48 Å². The third-order valence-electron chi connectivity index (χ3n) is 5.08. The zero-order valence-electron chi connectivity index (χ0n) is 12.3. The van der Waals surface area contributed by atoms with Gasteiger partial charge < -0.3 is 10.0 Å². The lowest BCUT2D eigenvalue weighted by Crippen LogP contribution is -2.53. The third kappa shape index (κ3) is 2.04. The predicted octanol–water partition coefficient (Wildman–Crippen LogP) is 1.67. The molecule has 1 saturated carbocycles. The van der Waals surface area contributed by atoms with E-state index in [0.717, 1.165) is 56.6 Å². The van der Waals surface area contributed by atoms with Crippen molar-refractivity contribution in [2.45, 2.75) is 44.6 Å². The van der Waals surface area contributed by atoms with Crippen LogP contribution in [0.15, 0.2) is 0 Å². The second-order valence-corrected chi connectivity index (χ2v) is 6.31. The highest BCUT2D eigenvalue weighted by Gasteiger charge is 2.43. The number of rotatable bonds is 2. The summed E-state index contributed by atoms with van der Waals surface area (Å²) in [5, 5.41) is 15.1. The Hall–Kier alpha value is -1.36. The first-order chi connectivity index (χ1) is 9.55. The Morgan fingerprint density at radius 3 is 2.95 bits per heavy atom. The van der Waals surface area contributed by atoms with E-state index >= 15 is 0 Å². The average Bonchev–Trinajstić information content (AvgIpc) is 2.71. The maximum atomic E-state index is 11.3. The van der Waals surface area contributed by atoms with E-state index in [0.29, 0.717) is 11.5 Å². The minimum atomic E-state index is -0.482. The highest BCUT2D eigenvalue weighted by Crippen LogP contribution is 2.41. The van der Waals surface area contributed by atoms with Gasteiger partial charge in [-0.15, -0.1) is 0 Å². The monoisotopic (exact) mass is 277 g/mol. The van der Waals surface area contributed by atoms with Gasteiger partial charge in [0.1, 0.15) is 5.82 Å². The Morgan fingerprint density at radius 2 is 2.20 bits per heavy atom. The van der Waals surface area contributed by atoms with Crippen LogP contribution >= 0.6 is 0 Å². The van der Waals surface area contributed by atoms with Gasteiger partial charge in [0.15, 0.2) is 6.29 Å². The first-order valence-electron chi connectivity index (χ1n) is 7.51. The summed E-state index contributed by atoms with van der Waals surface area (Å²) in [6.45, 7) is 3.50. The quantitative estimate of drug-likeness (QED) is 0.836. The molecule has 5 heteroatoms. The molecule has 0 aromatic carbocycles. The first kappa shape index (κ1) is 13.6. The van der Waals surface area contributed by atoms with E-state index in [1.54, 1.807) is 4.68 Å². The molecule has 2 atom stereocenters. The molecule has 2 fully saturated rings. The molecule has 20 heavy (non-hydrogen) atoms. The fourth-order valence-electron chi connectivity index (χ4n) is 3.94. The Balaban J connectivity index is 1.88. The number of hydrogen-bond donors (Lipinski definition) is 1. The molecule has 1 aromatic rings. The van der Waals surface area contributed by atoms with Crippen molar-refractivity contribution in [3.05, 3.63) is 11.3 Å². The number of fused-ring (bicyclic) bond motifs is 1. The summed E-state index contributed by atoms with van der Waals surface area (Å²) >= 11 is 0. The van der Waals surface area contributed by atoms with E-state index < -0.39 is 5.60 Å². The molecule has 2 heterocycles. The van der Waals surface area contributed by atoms with Crippen LogP contribution in [0.25, 0.3) is 0 Å². The molecule has 0 spiro atoms. The lowest BCUT2D eigenvalue weighted by molar-refractivity contribution is -0.0614. The number of aryl methyl sites for hydroxylation is 2. The van der Waals surface area contributed by atoms with E-state index in [9.17, 15) is 9.90 Å². The van der Waals surface area contributed by atoms with Gasteiger partial charge in [0.25, 0.3) is 0 Å². The Morgan fingerprint density at radius 1 is 1.40 bits per heavy atom. The van der Waals surface area contributed by atoms with Gasteiger partial charge in [-0.25, -0.2) is 0 Å². The minimum absolute atomic E-state index is 0.319. The van der Waals surface area contributed by atoms with Crippen LogP contribution in [-0.4, -0.2) is 39.9 Å². The fourth-order valence-corrected chi connectivity index (χ4v) is 3.94. The smallest absolute Gasteiger partial charge is 0.155 e. The van der Waals surface area contributed by atoms with Crippen molar-refractivity contribution in [3.63, 3.8) is 0 Å². The van der Waals surface area contributed by atoms with Crippen LogP contribution in [-0.2, 0) is 7.05 Å². The van der Waals surface area contributed by atoms with Crippen molar-refractivity contribution < 1.29 is 9.90 Å². The van der Waals surface area contributed by atoms with Gasteiger partial charge in [0.05, 0.1) is 16.9 Å². The molecule has 1 aliphatic heterocycles. The SMILES string of the molecule is Cc1nn(C)c(N2CCC3(O)CCCCC3C2)c1C=O. The van der Waals surface area contributed by atoms with Crippen LogP contribution in [0.1, 0.15) is 48.2 Å². The summed E-state index contributed by atoms with van der Waals surface area (Å²) in [6.07, 6.45) is 6.04. The van der Waals surface area contributed by atoms with Crippen molar-refractivity contribution >= 4 is 12.1 Å². The second kappa shape index (κ2) is 4.88. The molecular weight excluding hydrogens is 254 g/mol. The van der Waals surface area contributed by atoms with Crippen LogP contribution in [0.5, 0.6) is 0 Å². The van der Waals surface area contributed by atoms with E-state index in [1.165, 1.54) is 6.42 Å².